The normalized spacial score (nSPS) is 14.7. The summed E-state index contributed by atoms with van der Waals surface area (Å²) in [4.78, 5) is 25.1. The van der Waals surface area contributed by atoms with Crippen LogP contribution in [0.2, 0.25) is 0 Å². The number of ether oxygens (including phenoxy) is 3. The Hall–Kier alpha value is -2.54. The average molecular weight is 321 g/mol. The van der Waals surface area contributed by atoms with Crippen molar-refractivity contribution < 1.29 is 28.9 Å². The molecule has 0 aliphatic carbocycles. The minimum Gasteiger partial charge on any atom is -0.504 e. The number of hydrogen-bond donors (Lipinski definition) is 1. The molecule has 0 radical (unpaired) electrons. The Labute approximate surface area is 134 Å². The first-order valence-electron chi connectivity index (χ1n) is 7.17. The summed E-state index contributed by atoms with van der Waals surface area (Å²) >= 11 is 0. The maximum Gasteiger partial charge on any atom is 0.331 e. The van der Waals surface area contributed by atoms with E-state index in [4.69, 9.17) is 14.2 Å². The maximum atomic E-state index is 11.8. The van der Waals surface area contributed by atoms with Crippen LogP contribution in [-0.2, 0) is 19.1 Å². The number of carbonyl (C=O) groups excluding carboxylic acids is 2. The third-order valence-corrected chi connectivity index (χ3v) is 3.32. The van der Waals surface area contributed by atoms with Crippen molar-refractivity contribution in [3.8, 4) is 11.5 Å². The van der Waals surface area contributed by atoms with E-state index < -0.39 is 5.97 Å². The van der Waals surface area contributed by atoms with E-state index in [9.17, 15) is 14.7 Å². The first kappa shape index (κ1) is 16.8. The summed E-state index contributed by atoms with van der Waals surface area (Å²) in [5.41, 5.74) is 0.663. The van der Waals surface area contributed by atoms with Crippen molar-refractivity contribution in [2.24, 2.45) is 0 Å². The van der Waals surface area contributed by atoms with Crippen LogP contribution in [0.3, 0.4) is 0 Å². The van der Waals surface area contributed by atoms with Gasteiger partial charge in [0.25, 0.3) is 5.91 Å². The van der Waals surface area contributed by atoms with E-state index in [0.717, 1.165) is 0 Å². The number of carbonyl (C=O) groups is 2. The number of nitrogens with zero attached hydrogens (tertiary/aromatic N) is 1. The quantitative estimate of drug-likeness (QED) is 0.638. The molecule has 7 heteroatoms. The van der Waals surface area contributed by atoms with Crippen molar-refractivity contribution in [3.63, 3.8) is 0 Å². The van der Waals surface area contributed by atoms with Crippen LogP contribution in [0.25, 0.3) is 6.08 Å². The van der Waals surface area contributed by atoms with Crippen LogP contribution in [0.1, 0.15) is 5.56 Å². The molecule has 1 N–H and O–H groups in total. The number of amides is 1. The van der Waals surface area contributed by atoms with E-state index in [2.05, 4.69) is 0 Å². The molecule has 124 valence electrons. The van der Waals surface area contributed by atoms with Crippen molar-refractivity contribution in [1.29, 1.82) is 0 Å². The van der Waals surface area contributed by atoms with Gasteiger partial charge in [0.2, 0.25) is 0 Å². The molecule has 1 aliphatic rings. The molecule has 0 atom stereocenters. The summed E-state index contributed by atoms with van der Waals surface area (Å²) in [5, 5.41) is 9.49. The zero-order valence-corrected chi connectivity index (χ0v) is 12.9. The zero-order valence-electron chi connectivity index (χ0n) is 12.9. The van der Waals surface area contributed by atoms with Gasteiger partial charge in [-0.1, -0.05) is 6.07 Å². The molecule has 1 aromatic rings. The first-order chi connectivity index (χ1) is 11.1. The summed E-state index contributed by atoms with van der Waals surface area (Å²) in [6.45, 7) is 1.74. The minimum absolute atomic E-state index is 0.0170. The first-order valence-corrected chi connectivity index (χ1v) is 7.17. The number of rotatable bonds is 5. The molecule has 23 heavy (non-hydrogen) atoms. The van der Waals surface area contributed by atoms with Gasteiger partial charge in [0, 0.05) is 19.2 Å². The number of esters is 1. The van der Waals surface area contributed by atoms with Gasteiger partial charge in [-0.2, -0.15) is 0 Å². The molecule has 1 amide bonds. The van der Waals surface area contributed by atoms with Gasteiger partial charge in [-0.3, -0.25) is 4.79 Å². The lowest BCUT2D eigenvalue weighted by Gasteiger charge is -2.26. The lowest BCUT2D eigenvalue weighted by Crippen LogP contribution is -2.42. The molecule has 0 spiro atoms. The molecule has 1 aromatic carbocycles. The predicted molar refractivity (Wildman–Crippen MR) is 82.1 cm³/mol. The highest BCUT2D eigenvalue weighted by molar-refractivity contribution is 5.89. The van der Waals surface area contributed by atoms with Crippen LogP contribution in [0.4, 0.5) is 0 Å². The Balaban J connectivity index is 1.83. The van der Waals surface area contributed by atoms with E-state index in [0.29, 0.717) is 37.6 Å². The van der Waals surface area contributed by atoms with Crippen molar-refractivity contribution >= 4 is 18.0 Å². The molecule has 1 heterocycles. The number of benzene rings is 1. The third kappa shape index (κ3) is 5.00. The molecule has 7 nitrogen and oxygen atoms in total. The molecular weight excluding hydrogens is 302 g/mol. The van der Waals surface area contributed by atoms with Crippen molar-refractivity contribution in [3.05, 3.63) is 29.8 Å². The Bertz CT molecular complexity index is 592. The number of phenolic OH excluding ortho intramolecular Hbond substituents is 1. The van der Waals surface area contributed by atoms with Crippen LogP contribution < -0.4 is 4.74 Å². The molecule has 0 saturated carbocycles. The summed E-state index contributed by atoms with van der Waals surface area (Å²) in [5.74, 6) is -0.522. The molecular formula is C16H19NO6. The Morgan fingerprint density at radius 3 is 2.78 bits per heavy atom. The average Bonchev–Trinajstić information content (AvgIpc) is 2.59. The molecule has 0 aromatic heterocycles. The van der Waals surface area contributed by atoms with E-state index in [1.165, 1.54) is 25.3 Å². The lowest BCUT2D eigenvalue weighted by atomic mass is 10.2. The van der Waals surface area contributed by atoms with Crippen molar-refractivity contribution in [1.82, 2.24) is 4.90 Å². The maximum absolute atomic E-state index is 11.8. The molecule has 1 aliphatic heterocycles. The number of methoxy groups -OCH3 is 1. The van der Waals surface area contributed by atoms with Gasteiger partial charge < -0.3 is 24.2 Å². The zero-order chi connectivity index (χ0) is 16.7. The third-order valence-electron chi connectivity index (χ3n) is 3.32. The summed E-state index contributed by atoms with van der Waals surface area (Å²) in [6.07, 6.45) is 2.74. The summed E-state index contributed by atoms with van der Waals surface area (Å²) in [7, 11) is 1.44. The largest absolute Gasteiger partial charge is 0.504 e. The van der Waals surface area contributed by atoms with Gasteiger partial charge in [0.1, 0.15) is 0 Å². The summed E-state index contributed by atoms with van der Waals surface area (Å²) in [6, 6.07) is 4.67. The smallest absolute Gasteiger partial charge is 0.331 e. The van der Waals surface area contributed by atoms with Gasteiger partial charge in [-0.15, -0.1) is 0 Å². The number of hydrogen-bond acceptors (Lipinski definition) is 6. The van der Waals surface area contributed by atoms with E-state index in [1.807, 2.05) is 0 Å². The lowest BCUT2D eigenvalue weighted by molar-refractivity contribution is -0.150. The second kappa shape index (κ2) is 8.19. The van der Waals surface area contributed by atoms with E-state index in [-0.39, 0.29) is 18.3 Å². The fourth-order valence-electron chi connectivity index (χ4n) is 2.05. The Morgan fingerprint density at radius 1 is 1.35 bits per heavy atom. The van der Waals surface area contributed by atoms with Gasteiger partial charge in [-0.05, 0) is 23.8 Å². The Morgan fingerprint density at radius 2 is 2.09 bits per heavy atom. The highest BCUT2D eigenvalue weighted by Gasteiger charge is 2.17. The van der Waals surface area contributed by atoms with E-state index in [1.54, 1.807) is 17.0 Å². The number of aromatic hydroxyl groups is 1. The van der Waals surface area contributed by atoms with Gasteiger partial charge in [0.05, 0.1) is 20.3 Å². The topological polar surface area (TPSA) is 85.3 Å². The van der Waals surface area contributed by atoms with Crippen LogP contribution in [0.5, 0.6) is 11.5 Å². The fraction of sp³-hybridized carbons (Fsp3) is 0.375. The van der Waals surface area contributed by atoms with Crippen LogP contribution >= 0.6 is 0 Å². The van der Waals surface area contributed by atoms with Crippen LogP contribution in [0, 0.1) is 0 Å². The second-order valence-corrected chi connectivity index (χ2v) is 4.87. The molecule has 0 unspecified atom stereocenters. The second-order valence-electron chi connectivity index (χ2n) is 4.87. The highest BCUT2D eigenvalue weighted by Crippen LogP contribution is 2.26. The molecule has 0 bridgehead atoms. The minimum atomic E-state index is -0.612. The molecule has 2 rings (SSSR count). The molecule has 1 saturated heterocycles. The van der Waals surface area contributed by atoms with Crippen LogP contribution in [-0.4, -0.2) is 61.9 Å². The fourth-order valence-corrected chi connectivity index (χ4v) is 2.05. The van der Waals surface area contributed by atoms with Gasteiger partial charge in [-0.25, -0.2) is 4.79 Å². The Kier molecular flexibility index (Phi) is 5.99. The van der Waals surface area contributed by atoms with Gasteiger partial charge in [0.15, 0.2) is 18.1 Å². The number of morpholine rings is 1. The van der Waals surface area contributed by atoms with Crippen LogP contribution in [0.15, 0.2) is 24.3 Å². The van der Waals surface area contributed by atoms with Gasteiger partial charge >= 0.3 is 5.97 Å². The standard InChI is InChI=1S/C16H19NO6/c1-21-14-10-12(2-4-13(14)18)3-5-16(20)23-11-15(19)17-6-8-22-9-7-17/h2-5,10,18H,6-9,11H2,1H3/b5-3+. The van der Waals surface area contributed by atoms with Crippen molar-refractivity contribution in [2.45, 2.75) is 0 Å². The van der Waals surface area contributed by atoms with Crippen molar-refractivity contribution in [2.75, 3.05) is 40.0 Å². The summed E-state index contributed by atoms with van der Waals surface area (Å²) < 4.78 is 15.0. The number of phenols is 1. The SMILES string of the molecule is COc1cc(/C=C/C(=O)OCC(=O)N2CCOCC2)ccc1O. The molecule has 1 fully saturated rings. The monoisotopic (exact) mass is 321 g/mol. The highest BCUT2D eigenvalue weighted by atomic mass is 16.5. The van der Waals surface area contributed by atoms with E-state index >= 15 is 0 Å². The predicted octanol–water partition coefficient (Wildman–Crippen LogP) is 0.816.